The summed E-state index contributed by atoms with van der Waals surface area (Å²) >= 11 is 0. The van der Waals surface area contributed by atoms with Gasteiger partial charge in [0.1, 0.15) is 0 Å². The van der Waals surface area contributed by atoms with Gasteiger partial charge in [-0.3, -0.25) is 4.79 Å². The maximum Gasteiger partial charge on any atom is 0.307 e. The summed E-state index contributed by atoms with van der Waals surface area (Å²) in [6.07, 6.45) is 5.92. The third-order valence-electron chi connectivity index (χ3n) is 1.81. The molecule has 0 fully saturated rings. The molecule has 0 aliphatic heterocycles. The van der Waals surface area contributed by atoms with Crippen LogP contribution in [0.15, 0.2) is 23.3 Å². The number of carboxylic acids is 1. The van der Waals surface area contributed by atoms with E-state index in [1.54, 1.807) is 0 Å². The second-order valence-corrected chi connectivity index (χ2v) is 3.10. The Kier molecular flexibility index (Phi) is 5.94. The molecule has 0 aromatic heterocycles. The van der Waals surface area contributed by atoms with Crippen LogP contribution in [0, 0.1) is 0 Å². The molecule has 0 aromatic rings. The van der Waals surface area contributed by atoms with Gasteiger partial charge in [0.05, 0.1) is 6.42 Å². The minimum Gasteiger partial charge on any atom is -0.481 e. The van der Waals surface area contributed by atoms with Crippen LogP contribution >= 0.6 is 0 Å². The molecule has 0 bridgehead atoms. The molecule has 74 valence electrons. The minimum atomic E-state index is -0.764. The molecule has 0 saturated heterocycles. The first-order valence-corrected chi connectivity index (χ1v) is 4.68. The van der Waals surface area contributed by atoms with Crippen molar-refractivity contribution >= 4 is 5.97 Å². The van der Waals surface area contributed by atoms with E-state index in [1.165, 1.54) is 5.57 Å². The van der Waals surface area contributed by atoms with E-state index >= 15 is 0 Å². The first kappa shape index (κ1) is 11.9. The number of allylic oxidation sites excluding steroid dienone is 3. The molecule has 0 unspecified atom stereocenters. The van der Waals surface area contributed by atoms with E-state index in [1.807, 2.05) is 26.0 Å². The first-order chi connectivity index (χ1) is 6.10. The van der Waals surface area contributed by atoms with Crippen LogP contribution in [-0.2, 0) is 4.79 Å². The third kappa shape index (κ3) is 6.14. The molecule has 2 heteroatoms. The van der Waals surface area contributed by atoms with Crippen LogP contribution in [0.4, 0.5) is 0 Å². The van der Waals surface area contributed by atoms with Gasteiger partial charge in [-0.2, -0.15) is 0 Å². The van der Waals surface area contributed by atoms with Gasteiger partial charge in [-0.05, 0) is 25.3 Å². The van der Waals surface area contributed by atoms with Gasteiger partial charge in [0.2, 0.25) is 0 Å². The van der Waals surface area contributed by atoms with Gasteiger partial charge in [-0.15, -0.1) is 0 Å². The van der Waals surface area contributed by atoms with Crippen molar-refractivity contribution in [2.45, 2.75) is 40.0 Å². The Balaban J connectivity index is 4.44. The van der Waals surface area contributed by atoms with E-state index in [4.69, 9.17) is 5.11 Å². The normalized spacial score (nSPS) is 13.2. The van der Waals surface area contributed by atoms with Gasteiger partial charge in [0, 0.05) is 0 Å². The van der Waals surface area contributed by atoms with Gasteiger partial charge >= 0.3 is 5.97 Å². The van der Waals surface area contributed by atoms with Crippen LogP contribution < -0.4 is 0 Å². The summed E-state index contributed by atoms with van der Waals surface area (Å²) in [5.74, 6) is -0.764. The SMILES string of the molecule is CC/C=C(\C=C(\C)CC)CC(=O)O. The molecule has 0 aromatic carbocycles. The summed E-state index contributed by atoms with van der Waals surface area (Å²) in [7, 11) is 0. The average molecular weight is 182 g/mol. The van der Waals surface area contributed by atoms with Crippen LogP contribution in [-0.4, -0.2) is 11.1 Å². The van der Waals surface area contributed by atoms with Crippen molar-refractivity contribution < 1.29 is 9.90 Å². The van der Waals surface area contributed by atoms with Crippen LogP contribution in [0.25, 0.3) is 0 Å². The van der Waals surface area contributed by atoms with Crippen molar-refractivity contribution in [2.75, 3.05) is 0 Å². The Morgan fingerprint density at radius 3 is 2.38 bits per heavy atom. The number of carbonyl (C=O) groups is 1. The summed E-state index contributed by atoms with van der Waals surface area (Å²) in [5.41, 5.74) is 2.13. The lowest BCUT2D eigenvalue weighted by Gasteiger charge is -2.00. The Morgan fingerprint density at radius 1 is 1.38 bits per heavy atom. The highest BCUT2D eigenvalue weighted by atomic mass is 16.4. The average Bonchev–Trinajstić information content (AvgIpc) is 2.03. The molecule has 0 saturated carbocycles. The van der Waals surface area contributed by atoms with Gasteiger partial charge in [0.15, 0.2) is 0 Å². The molecule has 13 heavy (non-hydrogen) atoms. The third-order valence-corrected chi connectivity index (χ3v) is 1.81. The molecule has 0 aliphatic rings. The van der Waals surface area contributed by atoms with Crippen molar-refractivity contribution in [3.63, 3.8) is 0 Å². The molecule has 0 radical (unpaired) electrons. The molecule has 0 atom stereocenters. The first-order valence-electron chi connectivity index (χ1n) is 4.68. The zero-order valence-corrected chi connectivity index (χ0v) is 8.63. The van der Waals surface area contributed by atoms with Gasteiger partial charge < -0.3 is 5.11 Å². The summed E-state index contributed by atoms with van der Waals surface area (Å²) in [6, 6.07) is 0. The van der Waals surface area contributed by atoms with E-state index in [-0.39, 0.29) is 6.42 Å². The molecular formula is C11H18O2. The lowest BCUT2D eigenvalue weighted by atomic mass is 10.1. The maximum atomic E-state index is 10.5. The highest BCUT2D eigenvalue weighted by Crippen LogP contribution is 2.10. The number of hydrogen-bond donors (Lipinski definition) is 1. The molecule has 0 heterocycles. The molecule has 0 aliphatic carbocycles. The quantitative estimate of drug-likeness (QED) is 0.663. The van der Waals surface area contributed by atoms with Crippen LogP contribution in [0.1, 0.15) is 40.0 Å². The number of aliphatic carboxylic acids is 1. The van der Waals surface area contributed by atoms with Crippen LogP contribution in [0.2, 0.25) is 0 Å². The fraction of sp³-hybridized carbons (Fsp3) is 0.545. The molecule has 0 amide bonds. The largest absolute Gasteiger partial charge is 0.481 e. The van der Waals surface area contributed by atoms with Crippen molar-refractivity contribution in [1.29, 1.82) is 0 Å². The standard InChI is InChI=1S/C11H18O2/c1-4-6-10(8-11(12)13)7-9(3)5-2/h6-7H,4-5,8H2,1-3H3,(H,12,13)/b9-7-,10-6+. The van der Waals surface area contributed by atoms with Crippen molar-refractivity contribution in [1.82, 2.24) is 0 Å². The predicted octanol–water partition coefficient (Wildman–Crippen LogP) is 3.15. The second kappa shape index (κ2) is 6.46. The molecule has 1 N–H and O–H groups in total. The van der Waals surface area contributed by atoms with Crippen molar-refractivity contribution in [3.8, 4) is 0 Å². The zero-order valence-electron chi connectivity index (χ0n) is 8.63. The van der Waals surface area contributed by atoms with Gasteiger partial charge in [-0.1, -0.05) is 31.6 Å². The van der Waals surface area contributed by atoms with E-state index < -0.39 is 5.97 Å². The summed E-state index contributed by atoms with van der Waals surface area (Å²) < 4.78 is 0. The molecular weight excluding hydrogens is 164 g/mol. The Morgan fingerprint density at radius 2 is 2.00 bits per heavy atom. The summed E-state index contributed by atoms with van der Waals surface area (Å²) in [5, 5.41) is 8.63. The van der Waals surface area contributed by atoms with Gasteiger partial charge in [-0.25, -0.2) is 0 Å². The molecule has 0 rings (SSSR count). The Bertz CT molecular complexity index is 224. The Labute approximate surface area is 80.0 Å². The topological polar surface area (TPSA) is 37.3 Å². The van der Waals surface area contributed by atoms with E-state index in [0.717, 1.165) is 18.4 Å². The smallest absolute Gasteiger partial charge is 0.307 e. The van der Waals surface area contributed by atoms with E-state index in [0.29, 0.717) is 0 Å². The second-order valence-electron chi connectivity index (χ2n) is 3.10. The fourth-order valence-electron chi connectivity index (χ4n) is 1.04. The lowest BCUT2D eigenvalue weighted by molar-refractivity contribution is -0.136. The predicted molar refractivity (Wildman–Crippen MR) is 54.7 cm³/mol. The zero-order chi connectivity index (χ0) is 10.3. The maximum absolute atomic E-state index is 10.5. The fourth-order valence-corrected chi connectivity index (χ4v) is 1.04. The summed E-state index contributed by atoms with van der Waals surface area (Å²) in [4.78, 5) is 10.5. The van der Waals surface area contributed by atoms with Crippen molar-refractivity contribution in [3.05, 3.63) is 23.3 Å². The van der Waals surface area contributed by atoms with Crippen LogP contribution in [0.3, 0.4) is 0 Å². The van der Waals surface area contributed by atoms with E-state index in [2.05, 4.69) is 6.92 Å². The highest BCUT2D eigenvalue weighted by Gasteiger charge is 2.00. The van der Waals surface area contributed by atoms with Gasteiger partial charge in [0.25, 0.3) is 0 Å². The number of hydrogen-bond acceptors (Lipinski definition) is 1. The summed E-state index contributed by atoms with van der Waals surface area (Å²) in [6.45, 7) is 6.10. The highest BCUT2D eigenvalue weighted by molar-refractivity contribution is 5.71. The van der Waals surface area contributed by atoms with Crippen molar-refractivity contribution in [2.24, 2.45) is 0 Å². The minimum absolute atomic E-state index is 0.130. The number of carboxylic acid groups (broad SMARTS) is 1. The Hall–Kier alpha value is -1.05. The lowest BCUT2D eigenvalue weighted by Crippen LogP contribution is -1.96. The van der Waals surface area contributed by atoms with Crippen LogP contribution in [0.5, 0.6) is 0 Å². The number of rotatable bonds is 5. The molecule has 2 nitrogen and oxygen atoms in total. The van der Waals surface area contributed by atoms with E-state index in [9.17, 15) is 4.79 Å². The molecule has 0 spiro atoms. The monoisotopic (exact) mass is 182 g/mol.